The number of carbonyl (C=O) groups excluding carboxylic acids is 2. The number of fused-ring (bicyclic) bond motifs is 1. The Morgan fingerprint density at radius 1 is 1.25 bits per heavy atom. The van der Waals surface area contributed by atoms with Gasteiger partial charge in [0, 0.05) is 18.7 Å². The third-order valence-electron chi connectivity index (χ3n) is 5.12. The molecule has 2 amide bonds. The molecule has 1 aliphatic carbocycles. The molecule has 1 fully saturated rings. The zero-order chi connectivity index (χ0) is 16.9. The number of carbonyl (C=O) groups is 2. The Labute approximate surface area is 143 Å². The molecule has 1 saturated carbocycles. The average molecular weight is 330 g/mol. The van der Waals surface area contributed by atoms with Crippen molar-refractivity contribution in [2.24, 2.45) is 5.92 Å². The lowest BCUT2D eigenvalue weighted by molar-refractivity contribution is -0.125. The van der Waals surface area contributed by atoms with Gasteiger partial charge in [-0.1, -0.05) is 19.3 Å². The highest BCUT2D eigenvalue weighted by Crippen LogP contribution is 2.31. The molecule has 0 saturated heterocycles. The second kappa shape index (κ2) is 7.69. The van der Waals surface area contributed by atoms with E-state index >= 15 is 0 Å². The van der Waals surface area contributed by atoms with Crippen LogP contribution in [0.2, 0.25) is 0 Å². The lowest BCUT2D eigenvalue weighted by atomic mass is 9.87. The van der Waals surface area contributed by atoms with Gasteiger partial charge in [0.1, 0.15) is 5.75 Å². The van der Waals surface area contributed by atoms with Gasteiger partial charge in [-0.15, -0.1) is 0 Å². The molecule has 0 radical (unpaired) electrons. The minimum absolute atomic E-state index is 0.00408. The predicted octanol–water partition coefficient (Wildman–Crippen LogP) is 2.67. The van der Waals surface area contributed by atoms with Crippen molar-refractivity contribution in [3.63, 3.8) is 0 Å². The predicted molar refractivity (Wildman–Crippen MR) is 93.3 cm³/mol. The van der Waals surface area contributed by atoms with E-state index in [4.69, 9.17) is 4.74 Å². The summed E-state index contributed by atoms with van der Waals surface area (Å²) >= 11 is 0. The van der Waals surface area contributed by atoms with Crippen LogP contribution in [-0.4, -0.2) is 32.0 Å². The summed E-state index contributed by atoms with van der Waals surface area (Å²) in [6.07, 6.45) is 7.41. The smallest absolute Gasteiger partial charge is 0.246 e. The molecule has 0 aromatic heterocycles. The van der Waals surface area contributed by atoms with Crippen molar-refractivity contribution in [2.75, 3.05) is 25.1 Å². The standard InChI is InChI=1S/C19H26N2O3/c1-24-16-7-8-17-15(12-16)9-10-21(17)19(23)13-20-18(22)11-14-5-3-2-4-6-14/h7-8,12,14H,2-6,9-11,13H2,1H3,(H,20,22). The molecule has 0 spiro atoms. The van der Waals surface area contributed by atoms with Gasteiger partial charge in [-0.25, -0.2) is 0 Å². The largest absolute Gasteiger partial charge is 0.497 e. The second-order valence-electron chi connectivity index (χ2n) is 6.77. The molecule has 24 heavy (non-hydrogen) atoms. The number of nitrogens with zero attached hydrogens (tertiary/aromatic N) is 1. The maximum Gasteiger partial charge on any atom is 0.246 e. The van der Waals surface area contributed by atoms with Crippen LogP contribution in [0.25, 0.3) is 0 Å². The third-order valence-corrected chi connectivity index (χ3v) is 5.12. The molecule has 1 aliphatic heterocycles. The number of hydrogen-bond donors (Lipinski definition) is 1. The van der Waals surface area contributed by atoms with Crippen molar-refractivity contribution in [2.45, 2.75) is 44.9 Å². The minimum Gasteiger partial charge on any atom is -0.497 e. The van der Waals surface area contributed by atoms with Gasteiger partial charge >= 0.3 is 0 Å². The van der Waals surface area contributed by atoms with Gasteiger partial charge < -0.3 is 15.0 Å². The van der Waals surface area contributed by atoms with Gasteiger partial charge in [0.05, 0.1) is 13.7 Å². The van der Waals surface area contributed by atoms with E-state index in [1.54, 1.807) is 12.0 Å². The fourth-order valence-electron chi connectivity index (χ4n) is 3.76. The summed E-state index contributed by atoms with van der Waals surface area (Å²) in [4.78, 5) is 26.3. The number of ether oxygens (including phenoxy) is 1. The van der Waals surface area contributed by atoms with E-state index in [-0.39, 0.29) is 18.4 Å². The van der Waals surface area contributed by atoms with Crippen LogP contribution >= 0.6 is 0 Å². The number of amides is 2. The zero-order valence-electron chi connectivity index (χ0n) is 14.3. The normalized spacial score (nSPS) is 17.5. The Morgan fingerprint density at radius 2 is 2.04 bits per heavy atom. The van der Waals surface area contributed by atoms with Crippen LogP contribution in [0.15, 0.2) is 18.2 Å². The summed E-state index contributed by atoms with van der Waals surface area (Å²) in [7, 11) is 1.64. The molecule has 1 N–H and O–H groups in total. The van der Waals surface area contributed by atoms with E-state index < -0.39 is 0 Å². The second-order valence-corrected chi connectivity index (χ2v) is 6.77. The van der Waals surface area contributed by atoms with Crippen molar-refractivity contribution in [3.05, 3.63) is 23.8 Å². The Bertz CT molecular complexity index is 609. The summed E-state index contributed by atoms with van der Waals surface area (Å²) in [5, 5.41) is 2.81. The van der Waals surface area contributed by atoms with Crippen molar-refractivity contribution in [1.82, 2.24) is 5.32 Å². The molecule has 0 bridgehead atoms. The van der Waals surface area contributed by atoms with Gasteiger partial charge in [0.25, 0.3) is 0 Å². The molecule has 2 aliphatic rings. The molecular weight excluding hydrogens is 304 g/mol. The first-order valence-electron chi connectivity index (χ1n) is 8.91. The summed E-state index contributed by atoms with van der Waals surface area (Å²) in [5.74, 6) is 1.26. The molecule has 1 aromatic carbocycles. The van der Waals surface area contributed by atoms with E-state index in [1.807, 2.05) is 18.2 Å². The number of rotatable bonds is 5. The third kappa shape index (κ3) is 3.89. The van der Waals surface area contributed by atoms with Gasteiger partial charge in [-0.05, 0) is 48.9 Å². The Hall–Kier alpha value is -2.04. The summed E-state index contributed by atoms with van der Waals surface area (Å²) in [5.41, 5.74) is 2.05. The van der Waals surface area contributed by atoms with Crippen molar-refractivity contribution >= 4 is 17.5 Å². The topological polar surface area (TPSA) is 58.6 Å². The van der Waals surface area contributed by atoms with Crippen molar-refractivity contribution in [1.29, 1.82) is 0 Å². The lowest BCUT2D eigenvalue weighted by Crippen LogP contribution is -2.39. The number of anilines is 1. The van der Waals surface area contributed by atoms with E-state index in [9.17, 15) is 9.59 Å². The summed E-state index contributed by atoms with van der Waals surface area (Å²) < 4.78 is 5.23. The average Bonchev–Trinajstić information content (AvgIpc) is 3.03. The number of methoxy groups -OCH3 is 1. The molecule has 5 nitrogen and oxygen atoms in total. The van der Waals surface area contributed by atoms with E-state index in [0.717, 1.165) is 36.3 Å². The number of hydrogen-bond acceptors (Lipinski definition) is 3. The van der Waals surface area contributed by atoms with Gasteiger partial charge in [-0.3, -0.25) is 9.59 Å². The van der Waals surface area contributed by atoms with Crippen LogP contribution < -0.4 is 15.0 Å². The molecule has 1 aromatic rings. The lowest BCUT2D eigenvalue weighted by Gasteiger charge is -2.21. The first kappa shape index (κ1) is 16.8. The molecule has 0 atom stereocenters. The highest BCUT2D eigenvalue weighted by atomic mass is 16.5. The van der Waals surface area contributed by atoms with Gasteiger partial charge in [0.15, 0.2) is 0 Å². The van der Waals surface area contributed by atoms with E-state index in [2.05, 4.69) is 5.32 Å². The summed E-state index contributed by atoms with van der Waals surface area (Å²) in [6.45, 7) is 0.747. The monoisotopic (exact) mass is 330 g/mol. The first-order valence-corrected chi connectivity index (χ1v) is 8.91. The Kier molecular flexibility index (Phi) is 5.38. The van der Waals surface area contributed by atoms with Crippen molar-refractivity contribution < 1.29 is 14.3 Å². The fraction of sp³-hybridized carbons (Fsp3) is 0.579. The fourth-order valence-corrected chi connectivity index (χ4v) is 3.76. The minimum atomic E-state index is -0.0455. The van der Waals surface area contributed by atoms with Crippen LogP contribution in [0.1, 0.15) is 44.1 Å². The highest BCUT2D eigenvalue weighted by molar-refractivity contribution is 5.98. The van der Waals surface area contributed by atoms with Crippen LogP contribution in [0, 0.1) is 5.92 Å². The molecule has 3 rings (SSSR count). The molecular formula is C19H26N2O3. The van der Waals surface area contributed by atoms with E-state index in [0.29, 0.717) is 18.9 Å². The molecule has 0 unspecified atom stereocenters. The Balaban J connectivity index is 1.50. The number of nitrogens with one attached hydrogen (secondary N) is 1. The van der Waals surface area contributed by atoms with Gasteiger partial charge in [-0.2, -0.15) is 0 Å². The SMILES string of the molecule is COc1ccc2c(c1)CCN2C(=O)CNC(=O)CC1CCCCC1. The maximum atomic E-state index is 12.4. The molecule has 1 heterocycles. The molecule has 5 heteroatoms. The van der Waals surface area contributed by atoms with Crippen molar-refractivity contribution in [3.8, 4) is 5.75 Å². The molecule has 130 valence electrons. The number of benzene rings is 1. The van der Waals surface area contributed by atoms with E-state index in [1.165, 1.54) is 19.3 Å². The van der Waals surface area contributed by atoms with Gasteiger partial charge in [0.2, 0.25) is 11.8 Å². The Morgan fingerprint density at radius 3 is 2.79 bits per heavy atom. The highest BCUT2D eigenvalue weighted by Gasteiger charge is 2.25. The van der Waals surface area contributed by atoms with Crippen LogP contribution in [0.5, 0.6) is 5.75 Å². The summed E-state index contributed by atoms with van der Waals surface area (Å²) in [6, 6.07) is 5.76. The van der Waals surface area contributed by atoms with Crippen LogP contribution in [0.3, 0.4) is 0 Å². The van der Waals surface area contributed by atoms with Crippen LogP contribution in [-0.2, 0) is 16.0 Å². The zero-order valence-corrected chi connectivity index (χ0v) is 14.3. The maximum absolute atomic E-state index is 12.4. The first-order chi connectivity index (χ1) is 11.7. The van der Waals surface area contributed by atoms with Crippen LogP contribution in [0.4, 0.5) is 5.69 Å². The quantitative estimate of drug-likeness (QED) is 0.903.